The highest BCUT2D eigenvalue weighted by Gasteiger charge is 2.36. The number of carbonyl (C=O) groups excluding carboxylic acids is 3. The molecule has 2 aliphatic rings. The molecule has 2 aliphatic heterocycles. The number of hydrogen-bond donors (Lipinski definition) is 1. The third kappa shape index (κ3) is 4.22. The van der Waals surface area contributed by atoms with Gasteiger partial charge in [0.05, 0.1) is 16.8 Å². The van der Waals surface area contributed by atoms with Gasteiger partial charge in [-0.2, -0.15) is 0 Å². The summed E-state index contributed by atoms with van der Waals surface area (Å²) < 4.78 is 6.73. The number of ether oxygens (including phenoxy) is 1. The first kappa shape index (κ1) is 21.1. The van der Waals surface area contributed by atoms with E-state index >= 15 is 0 Å². The predicted molar refractivity (Wildman–Crippen MR) is 117 cm³/mol. The minimum absolute atomic E-state index is 0.0272. The summed E-state index contributed by atoms with van der Waals surface area (Å²) in [5.41, 5.74) is 2.15. The van der Waals surface area contributed by atoms with Gasteiger partial charge >= 0.3 is 0 Å². The van der Waals surface area contributed by atoms with Crippen molar-refractivity contribution in [2.45, 2.75) is 26.1 Å². The van der Waals surface area contributed by atoms with Crippen LogP contribution in [0, 0.1) is 0 Å². The lowest BCUT2D eigenvalue weighted by Gasteiger charge is -2.18. The molecule has 0 spiro atoms. The predicted octanol–water partition coefficient (Wildman–Crippen LogP) is 3.30. The van der Waals surface area contributed by atoms with Gasteiger partial charge in [0.25, 0.3) is 11.8 Å². The topological polar surface area (TPSA) is 96.3 Å². The van der Waals surface area contributed by atoms with Crippen molar-refractivity contribution in [2.24, 2.45) is 4.99 Å². The zero-order valence-corrected chi connectivity index (χ0v) is 18.3. The van der Waals surface area contributed by atoms with Crippen molar-refractivity contribution >= 4 is 39.2 Å². The number of aliphatic hydroxyl groups is 1. The van der Waals surface area contributed by atoms with Crippen LogP contribution in [0.4, 0.5) is 0 Å². The highest BCUT2D eigenvalue weighted by atomic mass is 79.9. The lowest BCUT2D eigenvalue weighted by Crippen LogP contribution is -2.35. The SMILES string of the molecule is CC1=NC=C(CCN2C(=O)c3ccc(OCc4cccc(Br)c4)cc3C2=O)C(=O)C1O. The molecule has 7 nitrogen and oxygen atoms in total. The Morgan fingerprint density at radius 1 is 1.10 bits per heavy atom. The molecular weight excluding hydrogens is 464 g/mol. The minimum Gasteiger partial charge on any atom is -0.489 e. The fraction of sp³-hybridized carbons (Fsp3) is 0.217. The monoisotopic (exact) mass is 482 g/mol. The first-order valence-corrected chi connectivity index (χ1v) is 10.5. The maximum atomic E-state index is 12.8. The van der Waals surface area contributed by atoms with Crippen LogP contribution in [0.2, 0.25) is 0 Å². The number of aliphatic imine (C=N–C) groups is 1. The molecular formula is C23H19BrN2O5. The standard InChI is InChI=1S/C23H19BrN2O5/c1-13-20(27)21(28)15(11-25-13)7-8-26-22(29)18-6-5-17(10-19(18)23(26)30)31-12-14-3-2-4-16(24)9-14/h2-6,9-11,20,27H,7-8,12H2,1H3. The molecule has 2 amide bonds. The molecule has 158 valence electrons. The Labute approximate surface area is 187 Å². The van der Waals surface area contributed by atoms with E-state index in [1.54, 1.807) is 25.1 Å². The van der Waals surface area contributed by atoms with Gasteiger partial charge < -0.3 is 9.84 Å². The van der Waals surface area contributed by atoms with Gasteiger partial charge in [0.15, 0.2) is 11.9 Å². The molecule has 0 saturated carbocycles. The Morgan fingerprint density at radius 2 is 1.87 bits per heavy atom. The summed E-state index contributed by atoms with van der Waals surface area (Å²) in [4.78, 5) is 42.8. The highest BCUT2D eigenvalue weighted by molar-refractivity contribution is 9.10. The third-order valence-corrected chi connectivity index (χ3v) is 5.72. The molecule has 2 heterocycles. The lowest BCUT2D eigenvalue weighted by molar-refractivity contribution is -0.120. The van der Waals surface area contributed by atoms with Gasteiger partial charge in [-0.15, -0.1) is 0 Å². The summed E-state index contributed by atoms with van der Waals surface area (Å²) in [6.45, 7) is 1.92. The van der Waals surface area contributed by atoms with Crippen LogP contribution in [0.25, 0.3) is 0 Å². The molecule has 0 aliphatic carbocycles. The molecule has 31 heavy (non-hydrogen) atoms. The number of nitrogens with zero attached hydrogens (tertiary/aromatic N) is 2. The van der Waals surface area contributed by atoms with Crippen LogP contribution in [0.3, 0.4) is 0 Å². The molecule has 2 aromatic carbocycles. The van der Waals surface area contributed by atoms with Crippen molar-refractivity contribution in [1.82, 2.24) is 4.90 Å². The van der Waals surface area contributed by atoms with E-state index in [0.717, 1.165) is 14.9 Å². The molecule has 0 aromatic heterocycles. The zero-order valence-electron chi connectivity index (χ0n) is 16.7. The first-order valence-electron chi connectivity index (χ1n) is 9.68. The fourth-order valence-electron chi connectivity index (χ4n) is 3.46. The van der Waals surface area contributed by atoms with Crippen LogP contribution in [0.15, 0.2) is 63.7 Å². The van der Waals surface area contributed by atoms with E-state index in [4.69, 9.17) is 4.74 Å². The van der Waals surface area contributed by atoms with Crippen molar-refractivity contribution in [3.63, 3.8) is 0 Å². The number of benzene rings is 2. The van der Waals surface area contributed by atoms with Gasteiger partial charge in [0, 0.05) is 22.8 Å². The lowest BCUT2D eigenvalue weighted by atomic mass is 9.99. The van der Waals surface area contributed by atoms with E-state index in [0.29, 0.717) is 23.6 Å². The zero-order chi connectivity index (χ0) is 22.1. The molecule has 8 heteroatoms. The molecule has 4 rings (SSSR count). The number of imide groups is 1. The second-order valence-corrected chi connectivity index (χ2v) is 8.25. The maximum Gasteiger partial charge on any atom is 0.261 e. The van der Waals surface area contributed by atoms with E-state index in [1.807, 2.05) is 24.3 Å². The van der Waals surface area contributed by atoms with Crippen LogP contribution in [0.1, 0.15) is 39.6 Å². The van der Waals surface area contributed by atoms with Gasteiger partial charge in [-0.1, -0.05) is 28.1 Å². The van der Waals surface area contributed by atoms with Crippen LogP contribution >= 0.6 is 15.9 Å². The summed E-state index contributed by atoms with van der Waals surface area (Å²) in [6, 6.07) is 12.5. The summed E-state index contributed by atoms with van der Waals surface area (Å²) >= 11 is 3.41. The van der Waals surface area contributed by atoms with Crippen LogP contribution in [-0.4, -0.2) is 46.0 Å². The Hall–Kier alpha value is -3.10. The highest BCUT2D eigenvalue weighted by Crippen LogP contribution is 2.28. The minimum atomic E-state index is -1.27. The van der Waals surface area contributed by atoms with E-state index in [2.05, 4.69) is 20.9 Å². The largest absolute Gasteiger partial charge is 0.489 e. The van der Waals surface area contributed by atoms with Crippen LogP contribution < -0.4 is 4.74 Å². The van der Waals surface area contributed by atoms with E-state index in [-0.39, 0.29) is 24.1 Å². The average molecular weight is 483 g/mol. The quantitative estimate of drug-likeness (QED) is 0.637. The second kappa shape index (κ2) is 8.56. The van der Waals surface area contributed by atoms with Gasteiger partial charge in [-0.25, -0.2) is 0 Å². The smallest absolute Gasteiger partial charge is 0.261 e. The summed E-state index contributed by atoms with van der Waals surface area (Å²) in [7, 11) is 0. The van der Waals surface area contributed by atoms with Gasteiger partial charge in [-0.05, 0) is 49.2 Å². The average Bonchev–Trinajstić information content (AvgIpc) is 3.00. The van der Waals surface area contributed by atoms with E-state index in [9.17, 15) is 19.5 Å². The van der Waals surface area contributed by atoms with Gasteiger partial charge in [-0.3, -0.25) is 24.3 Å². The van der Waals surface area contributed by atoms with Crippen LogP contribution in [0.5, 0.6) is 5.75 Å². The number of fused-ring (bicyclic) bond motifs is 1. The number of hydrogen-bond acceptors (Lipinski definition) is 6. The molecule has 0 bridgehead atoms. The molecule has 0 fully saturated rings. The van der Waals surface area contributed by atoms with E-state index in [1.165, 1.54) is 6.20 Å². The Bertz CT molecular complexity index is 1150. The molecule has 1 N–H and O–H groups in total. The maximum absolute atomic E-state index is 12.8. The number of Topliss-reactive ketones (excluding diaryl/α,β-unsaturated/α-hetero) is 1. The number of aliphatic hydroxyl groups excluding tert-OH is 1. The number of carbonyl (C=O) groups is 3. The normalized spacial score (nSPS) is 18.1. The number of amides is 2. The van der Waals surface area contributed by atoms with Crippen molar-refractivity contribution in [3.8, 4) is 5.75 Å². The van der Waals surface area contributed by atoms with Crippen molar-refractivity contribution in [1.29, 1.82) is 0 Å². The molecule has 0 saturated heterocycles. The summed E-state index contributed by atoms with van der Waals surface area (Å²) in [5, 5.41) is 9.85. The van der Waals surface area contributed by atoms with Crippen molar-refractivity contribution in [2.75, 3.05) is 6.54 Å². The third-order valence-electron chi connectivity index (χ3n) is 5.23. The molecule has 1 atom stereocenters. The molecule has 0 radical (unpaired) electrons. The Balaban J connectivity index is 1.45. The number of rotatable bonds is 6. The Morgan fingerprint density at radius 3 is 2.65 bits per heavy atom. The van der Waals surface area contributed by atoms with Gasteiger partial charge in [0.1, 0.15) is 12.4 Å². The second-order valence-electron chi connectivity index (χ2n) is 7.33. The van der Waals surface area contributed by atoms with Gasteiger partial charge in [0.2, 0.25) is 0 Å². The molecule has 2 aromatic rings. The fourth-order valence-corrected chi connectivity index (χ4v) is 3.90. The first-order chi connectivity index (χ1) is 14.8. The van der Waals surface area contributed by atoms with E-state index < -0.39 is 23.7 Å². The molecule has 1 unspecified atom stereocenters. The number of ketones is 1. The summed E-state index contributed by atoms with van der Waals surface area (Å²) in [5.74, 6) is -0.813. The van der Waals surface area contributed by atoms with Crippen LogP contribution in [-0.2, 0) is 11.4 Å². The number of halogens is 1. The Kier molecular flexibility index (Phi) is 5.84. The van der Waals surface area contributed by atoms with Crippen molar-refractivity contribution < 1.29 is 24.2 Å². The summed E-state index contributed by atoms with van der Waals surface area (Å²) in [6.07, 6.45) is 0.244. The van der Waals surface area contributed by atoms with Crippen molar-refractivity contribution in [3.05, 3.63) is 75.4 Å².